The smallest absolute Gasteiger partial charge is 0.328 e. The first-order valence-corrected chi connectivity index (χ1v) is 9.18. The van der Waals surface area contributed by atoms with Crippen LogP contribution >= 0.6 is 0 Å². The Hall–Kier alpha value is -3.75. The summed E-state index contributed by atoms with van der Waals surface area (Å²) in [5.74, 6) is -1.51. The van der Waals surface area contributed by atoms with E-state index < -0.39 is 5.97 Å². The van der Waals surface area contributed by atoms with Crippen molar-refractivity contribution in [1.29, 1.82) is 0 Å². The van der Waals surface area contributed by atoms with Crippen molar-refractivity contribution in [3.05, 3.63) is 59.7 Å². The highest BCUT2D eigenvalue weighted by atomic mass is 16.4. The Morgan fingerprint density at radius 2 is 2.17 bits per heavy atom. The van der Waals surface area contributed by atoms with Crippen LogP contribution in [0.25, 0.3) is 6.08 Å². The van der Waals surface area contributed by atoms with Gasteiger partial charge >= 0.3 is 5.97 Å². The molecule has 148 valence electrons. The van der Waals surface area contributed by atoms with Gasteiger partial charge in [0.2, 0.25) is 0 Å². The third-order valence-corrected chi connectivity index (χ3v) is 5.03. The van der Waals surface area contributed by atoms with Crippen molar-refractivity contribution in [3.8, 4) is 0 Å². The Morgan fingerprint density at radius 1 is 1.31 bits per heavy atom. The van der Waals surface area contributed by atoms with Crippen LogP contribution in [0.4, 0.5) is 5.69 Å². The van der Waals surface area contributed by atoms with Gasteiger partial charge in [-0.25, -0.2) is 9.78 Å². The zero-order valence-electron chi connectivity index (χ0n) is 15.4. The maximum absolute atomic E-state index is 13.1. The van der Waals surface area contributed by atoms with E-state index in [0.717, 1.165) is 11.8 Å². The number of nitrogens with one attached hydrogen (secondary N) is 2. The van der Waals surface area contributed by atoms with Crippen LogP contribution in [-0.4, -0.2) is 62.9 Å². The molecule has 1 unspecified atom stereocenters. The number of nitrogens with zero attached hydrogens (tertiary/aromatic N) is 3. The Kier molecular flexibility index (Phi) is 4.94. The molecule has 3 N–H and O–H groups in total. The molecule has 2 aromatic rings. The topological polar surface area (TPSA) is 125 Å². The lowest BCUT2D eigenvalue weighted by Gasteiger charge is -2.21. The second-order valence-corrected chi connectivity index (χ2v) is 6.97. The normalized spacial score (nSPS) is 20.6. The Bertz CT molecular complexity index is 992. The van der Waals surface area contributed by atoms with E-state index >= 15 is 0 Å². The van der Waals surface area contributed by atoms with Crippen molar-refractivity contribution >= 4 is 29.5 Å². The lowest BCUT2D eigenvalue weighted by molar-refractivity contribution is -0.131. The summed E-state index contributed by atoms with van der Waals surface area (Å²) in [5.41, 5.74) is 2.07. The molecular weight excluding hydrogens is 374 g/mol. The third-order valence-electron chi connectivity index (χ3n) is 5.03. The molecular formula is C20H19N5O4. The first kappa shape index (κ1) is 18.6. The second-order valence-electron chi connectivity index (χ2n) is 6.97. The molecule has 0 spiro atoms. The molecule has 4 rings (SSSR count). The molecule has 1 aromatic heterocycles. The summed E-state index contributed by atoms with van der Waals surface area (Å²) >= 11 is 0. The lowest BCUT2D eigenvalue weighted by atomic mass is 10.1. The number of rotatable bonds is 4. The van der Waals surface area contributed by atoms with Gasteiger partial charge in [0.15, 0.2) is 0 Å². The summed E-state index contributed by atoms with van der Waals surface area (Å²) in [6.07, 6.45) is 7.47. The highest BCUT2D eigenvalue weighted by Gasteiger charge is 2.38. The van der Waals surface area contributed by atoms with Crippen molar-refractivity contribution in [3.63, 3.8) is 0 Å². The van der Waals surface area contributed by atoms with Crippen molar-refractivity contribution in [2.24, 2.45) is 0 Å². The molecule has 1 aromatic carbocycles. The minimum Gasteiger partial charge on any atom is -0.478 e. The maximum atomic E-state index is 13.1. The Labute approximate surface area is 166 Å². The number of hydrogen-bond donors (Lipinski definition) is 3. The number of aromatic nitrogens is 2. The van der Waals surface area contributed by atoms with E-state index in [1.54, 1.807) is 23.1 Å². The lowest BCUT2D eigenvalue weighted by Crippen LogP contribution is -2.39. The predicted molar refractivity (Wildman–Crippen MR) is 104 cm³/mol. The van der Waals surface area contributed by atoms with E-state index in [1.165, 1.54) is 24.7 Å². The number of carbonyl (C=O) groups excluding carboxylic acids is 2. The molecule has 2 aliphatic rings. The fourth-order valence-corrected chi connectivity index (χ4v) is 3.69. The van der Waals surface area contributed by atoms with Gasteiger partial charge in [0.05, 0.1) is 17.8 Å². The number of anilines is 1. The number of aliphatic carboxylic acids is 1. The minimum atomic E-state index is -1.05. The minimum absolute atomic E-state index is 0.0555. The quantitative estimate of drug-likeness (QED) is 0.662. The molecule has 0 aliphatic carbocycles. The van der Waals surface area contributed by atoms with Crippen LogP contribution in [0.2, 0.25) is 0 Å². The number of hydrogen-bond acceptors (Lipinski definition) is 6. The number of carboxylic acid groups (broad SMARTS) is 1. The van der Waals surface area contributed by atoms with E-state index in [2.05, 4.69) is 20.6 Å². The summed E-state index contributed by atoms with van der Waals surface area (Å²) in [6.45, 7) is 0.965. The zero-order chi connectivity index (χ0) is 20.4. The number of carbonyl (C=O) groups is 3. The molecule has 0 saturated carbocycles. The third kappa shape index (κ3) is 3.93. The molecule has 0 bridgehead atoms. The summed E-state index contributed by atoms with van der Waals surface area (Å²) in [6, 6.07) is 4.98. The van der Waals surface area contributed by atoms with Crippen LogP contribution in [0.3, 0.4) is 0 Å². The summed E-state index contributed by atoms with van der Waals surface area (Å²) in [7, 11) is 0. The fraction of sp³-hybridized carbons (Fsp3) is 0.250. The number of amides is 2. The summed E-state index contributed by atoms with van der Waals surface area (Å²) < 4.78 is 0. The van der Waals surface area contributed by atoms with E-state index in [1.807, 2.05) is 0 Å². The first-order valence-electron chi connectivity index (χ1n) is 9.18. The number of carboxylic acids is 1. The number of benzene rings is 1. The van der Waals surface area contributed by atoms with E-state index in [-0.39, 0.29) is 29.6 Å². The molecule has 9 nitrogen and oxygen atoms in total. The number of fused-ring (bicyclic) bond motifs is 2. The van der Waals surface area contributed by atoms with Gasteiger partial charge in [0.25, 0.3) is 11.8 Å². The Morgan fingerprint density at radius 3 is 2.93 bits per heavy atom. The molecule has 29 heavy (non-hydrogen) atoms. The molecule has 1 fully saturated rings. The van der Waals surface area contributed by atoms with E-state index in [4.69, 9.17) is 5.11 Å². The Balaban J connectivity index is 1.50. The van der Waals surface area contributed by atoms with Gasteiger partial charge in [-0.15, -0.1) is 0 Å². The van der Waals surface area contributed by atoms with Gasteiger partial charge < -0.3 is 20.6 Å². The van der Waals surface area contributed by atoms with Crippen LogP contribution in [0.1, 0.15) is 32.8 Å². The average Bonchev–Trinajstić information content (AvgIpc) is 3.08. The maximum Gasteiger partial charge on any atom is 0.328 e. The zero-order valence-corrected chi connectivity index (χ0v) is 15.4. The van der Waals surface area contributed by atoms with E-state index in [9.17, 15) is 14.4 Å². The van der Waals surface area contributed by atoms with Crippen LogP contribution in [-0.2, 0) is 4.79 Å². The van der Waals surface area contributed by atoms with Crippen molar-refractivity contribution < 1.29 is 19.5 Å². The SMILES string of the molecule is O=C(O)/C=C/c1ccc2c(c1)C(=O)N1CC(NC(=O)c3cnccn3)C[C@H]1CN2. The van der Waals surface area contributed by atoms with Crippen LogP contribution in [0, 0.1) is 0 Å². The summed E-state index contributed by atoms with van der Waals surface area (Å²) in [5, 5.41) is 15.0. The molecule has 0 radical (unpaired) electrons. The van der Waals surface area contributed by atoms with Crippen molar-refractivity contribution in [1.82, 2.24) is 20.2 Å². The molecule has 2 amide bonds. The fourth-order valence-electron chi connectivity index (χ4n) is 3.69. The first-order chi connectivity index (χ1) is 14.0. The van der Waals surface area contributed by atoms with Crippen LogP contribution in [0.15, 0.2) is 42.9 Å². The van der Waals surface area contributed by atoms with Crippen molar-refractivity contribution in [2.45, 2.75) is 18.5 Å². The molecule has 1 saturated heterocycles. The monoisotopic (exact) mass is 393 g/mol. The molecule has 3 heterocycles. The van der Waals surface area contributed by atoms with Crippen LogP contribution < -0.4 is 10.6 Å². The van der Waals surface area contributed by atoms with Gasteiger partial charge in [0, 0.05) is 43.3 Å². The van der Waals surface area contributed by atoms with Crippen molar-refractivity contribution in [2.75, 3.05) is 18.4 Å². The van der Waals surface area contributed by atoms with Gasteiger partial charge in [-0.3, -0.25) is 14.6 Å². The molecule has 2 aliphatic heterocycles. The highest BCUT2D eigenvalue weighted by molar-refractivity contribution is 6.01. The average molecular weight is 393 g/mol. The highest BCUT2D eigenvalue weighted by Crippen LogP contribution is 2.29. The van der Waals surface area contributed by atoms with Gasteiger partial charge in [0.1, 0.15) is 5.69 Å². The van der Waals surface area contributed by atoms with Gasteiger partial charge in [-0.05, 0) is 30.2 Å². The molecule has 9 heteroatoms. The van der Waals surface area contributed by atoms with E-state index in [0.29, 0.717) is 30.6 Å². The van der Waals surface area contributed by atoms with Gasteiger partial charge in [-0.2, -0.15) is 0 Å². The second kappa shape index (κ2) is 7.70. The predicted octanol–water partition coefficient (Wildman–Crippen LogP) is 1.01. The largest absolute Gasteiger partial charge is 0.478 e. The molecule has 2 atom stereocenters. The van der Waals surface area contributed by atoms with Crippen LogP contribution in [0.5, 0.6) is 0 Å². The standard InChI is InChI=1S/C20H19N5O4/c26-18(27)4-2-12-1-3-16-15(7-12)20(29)25-11-13(8-14(25)9-23-16)24-19(28)17-10-21-5-6-22-17/h1-7,10,13-14,23H,8-9,11H2,(H,24,28)(H,26,27)/b4-2+/t13?,14-/m0/s1. The summed E-state index contributed by atoms with van der Waals surface area (Å²) in [4.78, 5) is 45.8. The van der Waals surface area contributed by atoms with Gasteiger partial charge in [-0.1, -0.05) is 6.07 Å².